The van der Waals surface area contributed by atoms with Crippen molar-refractivity contribution in [1.82, 2.24) is 14.6 Å². The Kier molecular flexibility index (Phi) is 3.99. The van der Waals surface area contributed by atoms with Crippen LogP contribution in [0.25, 0.3) is 10.6 Å². The third-order valence-electron chi connectivity index (χ3n) is 5.07. The maximum atomic E-state index is 13.1. The molecule has 2 aromatic rings. The molecule has 2 saturated heterocycles. The van der Waals surface area contributed by atoms with Gasteiger partial charge in [0.1, 0.15) is 5.01 Å². The third-order valence-corrected chi connectivity index (χ3v) is 7.92. The number of nitrogens with zero attached hydrogens (tertiary/aromatic N) is 2. The number of hydrogen-bond donors (Lipinski definition) is 1. The van der Waals surface area contributed by atoms with Crippen LogP contribution in [0.1, 0.15) is 18.5 Å². The summed E-state index contributed by atoms with van der Waals surface area (Å²) in [5.74, 6) is 0. The second kappa shape index (κ2) is 5.91. The minimum Gasteiger partial charge on any atom is -0.316 e. The van der Waals surface area contributed by atoms with Gasteiger partial charge < -0.3 is 5.32 Å². The lowest BCUT2D eigenvalue weighted by Gasteiger charge is -2.22. The van der Waals surface area contributed by atoms with Crippen molar-refractivity contribution >= 4 is 21.4 Å². The van der Waals surface area contributed by atoms with Crippen LogP contribution in [-0.2, 0) is 10.0 Å². The van der Waals surface area contributed by atoms with Gasteiger partial charge >= 0.3 is 0 Å². The van der Waals surface area contributed by atoms with E-state index in [2.05, 4.69) is 10.3 Å². The van der Waals surface area contributed by atoms with E-state index in [1.165, 1.54) is 0 Å². The summed E-state index contributed by atoms with van der Waals surface area (Å²) in [6.45, 7) is 5.11. The Balaban J connectivity index is 1.63. The quantitative estimate of drug-likeness (QED) is 0.910. The van der Waals surface area contributed by atoms with Gasteiger partial charge in [-0.15, -0.1) is 11.3 Å². The molecule has 3 heterocycles. The van der Waals surface area contributed by atoms with Crippen molar-refractivity contribution in [3.8, 4) is 10.6 Å². The molecule has 4 rings (SSSR count). The van der Waals surface area contributed by atoms with Crippen LogP contribution in [0, 0.1) is 12.3 Å². The van der Waals surface area contributed by atoms with E-state index in [1.54, 1.807) is 27.8 Å². The molecule has 7 heteroatoms. The van der Waals surface area contributed by atoms with E-state index < -0.39 is 10.0 Å². The molecule has 1 unspecified atom stereocenters. The van der Waals surface area contributed by atoms with Gasteiger partial charge in [-0.1, -0.05) is 12.1 Å². The lowest BCUT2D eigenvalue weighted by Crippen LogP contribution is -2.33. The molecule has 2 fully saturated rings. The Labute approximate surface area is 146 Å². The molecule has 0 aliphatic carbocycles. The van der Waals surface area contributed by atoms with E-state index in [4.69, 9.17) is 0 Å². The predicted molar refractivity (Wildman–Crippen MR) is 95.6 cm³/mol. The average molecular weight is 364 g/mol. The molecule has 128 valence electrons. The van der Waals surface area contributed by atoms with Gasteiger partial charge in [-0.3, -0.25) is 0 Å². The van der Waals surface area contributed by atoms with Gasteiger partial charge in [-0.2, -0.15) is 4.31 Å². The van der Waals surface area contributed by atoms with Gasteiger partial charge in [0.05, 0.1) is 4.90 Å². The fourth-order valence-corrected chi connectivity index (χ4v) is 6.06. The van der Waals surface area contributed by atoms with Gasteiger partial charge in [0, 0.05) is 36.3 Å². The maximum Gasteiger partial charge on any atom is 0.243 e. The molecule has 0 radical (unpaired) electrons. The first-order valence-corrected chi connectivity index (χ1v) is 10.5. The standard InChI is InChI=1S/C17H21N3O2S2/c1-13-10-23-16(19-13)14-3-2-4-15(9-14)24(21,22)20-8-6-17(12-20)5-7-18-11-17/h2-4,9-10,18H,5-8,11-12H2,1H3. The minimum absolute atomic E-state index is 0.136. The number of aryl methyl sites for hydroxylation is 1. The highest BCUT2D eigenvalue weighted by Gasteiger charge is 2.44. The van der Waals surface area contributed by atoms with Crippen LogP contribution < -0.4 is 5.32 Å². The normalized spacial score (nSPS) is 24.9. The van der Waals surface area contributed by atoms with Gasteiger partial charge in [0.25, 0.3) is 0 Å². The number of aromatic nitrogens is 1. The highest BCUT2D eigenvalue weighted by molar-refractivity contribution is 7.89. The SMILES string of the molecule is Cc1csc(-c2cccc(S(=O)(=O)N3CCC4(CCNC4)C3)c2)n1. The third kappa shape index (κ3) is 2.79. The summed E-state index contributed by atoms with van der Waals surface area (Å²) >= 11 is 1.54. The van der Waals surface area contributed by atoms with Crippen LogP contribution in [0.3, 0.4) is 0 Å². The molecule has 1 atom stereocenters. The summed E-state index contributed by atoms with van der Waals surface area (Å²) in [5.41, 5.74) is 1.96. The molecular weight excluding hydrogens is 342 g/mol. The molecule has 1 N–H and O–H groups in total. The summed E-state index contributed by atoms with van der Waals surface area (Å²) in [5, 5.41) is 6.21. The molecule has 0 bridgehead atoms. The summed E-state index contributed by atoms with van der Waals surface area (Å²) in [6.07, 6.45) is 2.02. The molecule has 1 spiro atoms. The molecule has 0 saturated carbocycles. The summed E-state index contributed by atoms with van der Waals surface area (Å²) in [4.78, 5) is 4.83. The topological polar surface area (TPSA) is 62.3 Å². The second-order valence-corrected chi connectivity index (χ2v) is 9.63. The number of rotatable bonds is 3. The van der Waals surface area contributed by atoms with Crippen LogP contribution in [0.2, 0.25) is 0 Å². The van der Waals surface area contributed by atoms with E-state index in [9.17, 15) is 8.42 Å². The Morgan fingerprint density at radius 2 is 2.21 bits per heavy atom. The van der Waals surface area contributed by atoms with Crippen molar-refractivity contribution in [3.05, 3.63) is 35.3 Å². The van der Waals surface area contributed by atoms with Crippen LogP contribution >= 0.6 is 11.3 Å². The highest BCUT2D eigenvalue weighted by Crippen LogP contribution is 2.38. The highest BCUT2D eigenvalue weighted by atomic mass is 32.2. The van der Waals surface area contributed by atoms with Gasteiger partial charge in [0.2, 0.25) is 10.0 Å². The van der Waals surface area contributed by atoms with Crippen molar-refractivity contribution in [2.24, 2.45) is 5.41 Å². The molecule has 1 aromatic heterocycles. The molecule has 1 aromatic carbocycles. The molecule has 2 aliphatic heterocycles. The van der Waals surface area contributed by atoms with Crippen LogP contribution in [0.15, 0.2) is 34.5 Å². The van der Waals surface area contributed by atoms with Gasteiger partial charge in [-0.05, 0) is 43.9 Å². The molecular formula is C17H21N3O2S2. The molecule has 5 nitrogen and oxygen atoms in total. The lowest BCUT2D eigenvalue weighted by atomic mass is 9.87. The van der Waals surface area contributed by atoms with Crippen LogP contribution in [0.4, 0.5) is 0 Å². The van der Waals surface area contributed by atoms with E-state index in [0.29, 0.717) is 18.0 Å². The lowest BCUT2D eigenvalue weighted by molar-refractivity contribution is 0.338. The van der Waals surface area contributed by atoms with Crippen LogP contribution in [-0.4, -0.2) is 43.9 Å². The predicted octanol–water partition coefficient (Wildman–Crippen LogP) is 2.49. The summed E-state index contributed by atoms with van der Waals surface area (Å²) in [6, 6.07) is 7.17. The van der Waals surface area contributed by atoms with Crippen molar-refractivity contribution in [2.45, 2.75) is 24.7 Å². The monoisotopic (exact) mass is 363 g/mol. The minimum atomic E-state index is -3.44. The van der Waals surface area contributed by atoms with Crippen LogP contribution in [0.5, 0.6) is 0 Å². The van der Waals surface area contributed by atoms with Gasteiger partial charge in [0.15, 0.2) is 0 Å². The number of thiazole rings is 1. The fraction of sp³-hybridized carbons (Fsp3) is 0.471. The smallest absolute Gasteiger partial charge is 0.243 e. The van der Waals surface area contributed by atoms with E-state index in [-0.39, 0.29) is 5.41 Å². The van der Waals surface area contributed by atoms with E-state index >= 15 is 0 Å². The van der Waals surface area contributed by atoms with E-state index in [0.717, 1.165) is 42.2 Å². The first-order chi connectivity index (χ1) is 11.5. The molecule has 0 amide bonds. The van der Waals surface area contributed by atoms with E-state index in [1.807, 2.05) is 24.4 Å². The molecule has 24 heavy (non-hydrogen) atoms. The summed E-state index contributed by atoms with van der Waals surface area (Å²) in [7, 11) is -3.44. The zero-order chi connectivity index (χ0) is 16.8. The first kappa shape index (κ1) is 16.2. The zero-order valence-corrected chi connectivity index (χ0v) is 15.3. The van der Waals surface area contributed by atoms with Gasteiger partial charge in [-0.25, -0.2) is 13.4 Å². The van der Waals surface area contributed by atoms with Crippen molar-refractivity contribution < 1.29 is 8.42 Å². The maximum absolute atomic E-state index is 13.1. The average Bonchev–Trinajstić information content (AvgIpc) is 3.31. The number of benzene rings is 1. The Morgan fingerprint density at radius 1 is 1.33 bits per heavy atom. The molecule has 2 aliphatic rings. The van der Waals surface area contributed by atoms with Crippen molar-refractivity contribution in [2.75, 3.05) is 26.2 Å². The number of sulfonamides is 1. The Bertz CT molecular complexity index is 854. The Morgan fingerprint density at radius 3 is 2.92 bits per heavy atom. The largest absolute Gasteiger partial charge is 0.316 e. The van der Waals surface area contributed by atoms with Crippen molar-refractivity contribution in [3.63, 3.8) is 0 Å². The number of hydrogen-bond acceptors (Lipinski definition) is 5. The zero-order valence-electron chi connectivity index (χ0n) is 13.7. The summed E-state index contributed by atoms with van der Waals surface area (Å²) < 4.78 is 27.8. The second-order valence-electron chi connectivity index (χ2n) is 6.84. The first-order valence-electron chi connectivity index (χ1n) is 8.22. The van der Waals surface area contributed by atoms with Crippen molar-refractivity contribution in [1.29, 1.82) is 0 Å². The fourth-order valence-electron chi connectivity index (χ4n) is 3.67. The Hall–Kier alpha value is -1.28. The number of nitrogens with one attached hydrogen (secondary N) is 1.